The summed E-state index contributed by atoms with van der Waals surface area (Å²) in [6, 6.07) is 14.5. The monoisotopic (exact) mass is 457 g/mol. The number of anilines is 1. The molecular weight excluding hydrogens is 434 g/mol. The van der Waals surface area contributed by atoms with E-state index in [0.29, 0.717) is 30.0 Å². The van der Waals surface area contributed by atoms with Gasteiger partial charge < -0.3 is 10.1 Å². The van der Waals surface area contributed by atoms with Gasteiger partial charge in [-0.25, -0.2) is 9.78 Å². The molecule has 172 valence electrons. The van der Waals surface area contributed by atoms with E-state index in [4.69, 9.17) is 4.74 Å². The fourth-order valence-corrected chi connectivity index (χ4v) is 3.76. The predicted octanol–water partition coefficient (Wildman–Crippen LogP) is 4.57. The molecule has 9 heteroatoms. The first-order valence-electron chi connectivity index (χ1n) is 10.8. The van der Waals surface area contributed by atoms with Crippen molar-refractivity contribution < 1.29 is 14.5 Å². The van der Waals surface area contributed by atoms with Crippen molar-refractivity contribution >= 4 is 23.7 Å². The first-order chi connectivity index (χ1) is 16.5. The molecular formula is C25H23N5O4. The first-order valence-corrected chi connectivity index (χ1v) is 10.8. The van der Waals surface area contributed by atoms with Gasteiger partial charge >= 0.3 is 5.97 Å². The Kier molecular flexibility index (Phi) is 6.72. The van der Waals surface area contributed by atoms with Crippen LogP contribution in [0.3, 0.4) is 0 Å². The second-order valence-corrected chi connectivity index (χ2v) is 7.60. The van der Waals surface area contributed by atoms with Crippen molar-refractivity contribution in [3.63, 3.8) is 0 Å². The van der Waals surface area contributed by atoms with Gasteiger partial charge in [-0.05, 0) is 43.2 Å². The first kappa shape index (κ1) is 22.8. The summed E-state index contributed by atoms with van der Waals surface area (Å²) in [5.74, 6) is 0.179. The number of hydrogen-bond donors (Lipinski definition) is 1. The number of pyridine rings is 2. The Morgan fingerprint density at radius 2 is 1.97 bits per heavy atom. The molecule has 0 aliphatic carbocycles. The van der Waals surface area contributed by atoms with Crippen LogP contribution in [-0.2, 0) is 10.3 Å². The maximum absolute atomic E-state index is 12.4. The fourth-order valence-electron chi connectivity index (χ4n) is 3.76. The Bertz CT molecular complexity index is 1230. The molecule has 3 aromatic rings. The molecule has 9 nitrogen and oxygen atoms in total. The van der Waals surface area contributed by atoms with E-state index in [-0.39, 0.29) is 12.3 Å². The number of nitrogens with zero attached hydrogens (tertiary/aromatic N) is 4. The number of esters is 1. The topological polar surface area (TPSA) is 120 Å². The molecule has 0 bridgehead atoms. The third-order valence-electron chi connectivity index (χ3n) is 5.46. The summed E-state index contributed by atoms with van der Waals surface area (Å²) < 4.78 is 5.19. The van der Waals surface area contributed by atoms with Crippen LogP contribution in [0, 0.1) is 10.1 Å². The molecule has 1 aromatic carbocycles. The summed E-state index contributed by atoms with van der Waals surface area (Å²) in [6.45, 7) is 2.54. The molecule has 1 aliphatic heterocycles. The van der Waals surface area contributed by atoms with Crippen molar-refractivity contribution in [2.24, 2.45) is 4.99 Å². The van der Waals surface area contributed by atoms with Crippen LogP contribution >= 0.6 is 0 Å². The molecule has 3 heterocycles. The number of rotatable bonds is 9. The van der Waals surface area contributed by atoms with Gasteiger partial charge in [-0.2, -0.15) is 0 Å². The van der Waals surface area contributed by atoms with Crippen LogP contribution in [0.25, 0.3) is 11.1 Å². The van der Waals surface area contributed by atoms with Gasteiger partial charge in [-0.3, -0.25) is 20.1 Å². The second kappa shape index (κ2) is 10.0. The van der Waals surface area contributed by atoms with Crippen LogP contribution in [0.4, 0.5) is 11.5 Å². The van der Waals surface area contributed by atoms with Crippen molar-refractivity contribution in [3.05, 3.63) is 94.4 Å². The van der Waals surface area contributed by atoms with Crippen LogP contribution in [-0.4, -0.2) is 40.2 Å². The summed E-state index contributed by atoms with van der Waals surface area (Å²) in [7, 11) is 0. The van der Waals surface area contributed by atoms with E-state index in [9.17, 15) is 14.9 Å². The Hall–Kier alpha value is -4.40. The van der Waals surface area contributed by atoms with Gasteiger partial charge in [0.2, 0.25) is 0 Å². The highest BCUT2D eigenvalue weighted by Crippen LogP contribution is 2.33. The zero-order valence-electron chi connectivity index (χ0n) is 18.5. The maximum atomic E-state index is 12.4. The highest BCUT2D eigenvalue weighted by atomic mass is 16.6. The molecule has 1 N–H and O–H groups in total. The number of carbonyl (C=O) groups is 1. The van der Waals surface area contributed by atoms with E-state index >= 15 is 0 Å². The van der Waals surface area contributed by atoms with Gasteiger partial charge in [0.15, 0.2) is 0 Å². The minimum Gasteiger partial charge on any atom is -0.462 e. The predicted molar refractivity (Wildman–Crippen MR) is 129 cm³/mol. The minimum atomic E-state index is -0.713. The molecule has 0 saturated carbocycles. The minimum absolute atomic E-state index is 0.0673. The zero-order chi connectivity index (χ0) is 24.0. The smallest absolute Gasteiger partial charge is 0.340 e. The largest absolute Gasteiger partial charge is 0.462 e. The van der Waals surface area contributed by atoms with Crippen LogP contribution in [0.2, 0.25) is 0 Å². The fraction of sp³-hybridized carbons (Fsp3) is 0.200. The molecule has 0 saturated heterocycles. The molecule has 1 aliphatic rings. The Morgan fingerprint density at radius 1 is 1.15 bits per heavy atom. The molecule has 1 unspecified atom stereocenters. The molecule has 4 rings (SSSR count). The number of benzene rings is 1. The zero-order valence-corrected chi connectivity index (χ0v) is 18.5. The van der Waals surface area contributed by atoms with Gasteiger partial charge in [0.1, 0.15) is 17.6 Å². The molecule has 1 atom stereocenters. The number of allylic oxidation sites excluding steroid dienone is 1. The number of nitrogens with one attached hydrogen (secondary N) is 1. The van der Waals surface area contributed by atoms with E-state index < -0.39 is 16.4 Å². The van der Waals surface area contributed by atoms with E-state index in [1.165, 1.54) is 18.5 Å². The third kappa shape index (κ3) is 4.83. The lowest BCUT2D eigenvalue weighted by Gasteiger charge is -2.24. The van der Waals surface area contributed by atoms with E-state index in [1.807, 2.05) is 48.6 Å². The molecule has 0 amide bonds. The van der Waals surface area contributed by atoms with Crippen molar-refractivity contribution in [1.82, 2.24) is 9.97 Å². The number of ether oxygens (including phenoxy) is 1. The second-order valence-electron chi connectivity index (χ2n) is 7.60. The van der Waals surface area contributed by atoms with Gasteiger partial charge in [0, 0.05) is 30.6 Å². The normalized spacial score (nSPS) is 16.4. The maximum Gasteiger partial charge on any atom is 0.340 e. The highest BCUT2D eigenvalue weighted by Gasteiger charge is 2.32. The lowest BCUT2D eigenvalue weighted by molar-refractivity contribution is -0.385. The Morgan fingerprint density at radius 3 is 2.62 bits per heavy atom. The summed E-state index contributed by atoms with van der Waals surface area (Å²) in [5, 5.41) is 14.2. The molecule has 0 radical (unpaired) electrons. The number of carbonyl (C=O) groups excluding carboxylic acids is 1. The van der Waals surface area contributed by atoms with Crippen LogP contribution in [0.1, 0.15) is 29.4 Å². The van der Waals surface area contributed by atoms with Gasteiger partial charge in [-0.15, -0.1) is 0 Å². The summed E-state index contributed by atoms with van der Waals surface area (Å²) in [4.78, 5) is 36.2. The van der Waals surface area contributed by atoms with Gasteiger partial charge in [-0.1, -0.05) is 30.3 Å². The third-order valence-corrected chi connectivity index (χ3v) is 5.46. The van der Waals surface area contributed by atoms with Crippen molar-refractivity contribution in [3.8, 4) is 11.1 Å². The number of aromatic nitrogens is 2. The summed E-state index contributed by atoms with van der Waals surface area (Å²) >= 11 is 0. The van der Waals surface area contributed by atoms with Crippen LogP contribution in [0.5, 0.6) is 0 Å². The van der Waals surface area contributed by atoms with Gasteiger partial charge in [0.05, 0.1) is 22.8 Å². The lowest BCUT2D eigenvalue weighted by atomic mass is 9.92. The average Bonchev–Trinajstić information content (AvgIpc) is 3.35. The Balaban J connectivity index is 1.53. The molecule has 0 fully saturated rings. The van der Waals surface area contributed by atoms with E-state index in [0.717, 1.165) is 11.1 Å². The van der Waals surface area contributed by atoms with Gasteiger partial charge in [0.25, 0.3) is 5.69 Å². The van der Waals surface area contributed by atoms with E-state index in [2.05, 4.69) is 20.3 Å². The summed E-state index contributed by atoms with van der Waals surface area (Å²) in [6.07, 6.45) is 8.77. The lowest BCUT2D eigenvalue weighted by Crippen LogP contribution is -2.24. The molecule has 2 aromatic heterocycles. The quantitative estimate of drug-likeness (QED) is 0.284. The number of nitro groups is 1. The molecule has 0 spiro atoms. The molecule has 34 heavy (non-hydrogen) atoms. The standard InChI is InChI=1S/C25H23N5O4/c1-2-34-24(31)21-17-28-23(15-20(21)18-7-4-3-5-8-18)26-14-12-25(11-6-13-29-25)22-10-9-19(16-27-22)30(32)33/h3-11,13,15-17H,2,12,14H2,1H3,(H,26,28). The Labute approximate surface area is 196 Å². The van der Waals surface area contributed by atoms with Crippen LogP contribution in [0.15, 0.2) is 78.1 Å². The average molecular weight is 457 g/mol. The highest BCUT2D eigenvalue weighted by molar-refractivity contribution is 5.97. The van der Waals surface area contributed by atoms with Crippen molar-refractivity contribution in [2.45, 2.75) is 18.9 Å². The summed E-state index contributed by atoms with van der Waals surface area (Å²) in [5.41, 5.74) is 1.85. The van der Waals surface area contributed by atoms with E-state index in [1.54, 1.807) is 19.2 Å². The number of aliphatic imine (C=N–C) groups is 1. The van der Waals surface area contributed by atoms with Crippen molar-refractivity contribution in [1.29, 1.82) is 0 Å². The van der Waals surface area contributed by atoms with Crippen molar-refractivity contribution in [2.75, 3.05) is 18.5 Å². The number of hydrogen-bond acceptors (Lipinski definition) is 8. The SMILES string of the molecule is CCOC(=O)c1cnc(NCCC2(c3ccc([N+](=O)[O-])cn3)C=CC=N2)cc1-c1ccccc1. The van der Waals surface area contributed by atoms with Crippen LogP contribution < -0.4 is 5.32 Å².